The average Bonchev–Trinajstić information content (AvgIpc) is 2.65. The van der Waals surface area contributed by atoms with E-state index in [0.29, 0.717) is 12.0 Å². The van der Waals surface area contributed by atoms with Gasteiger partial charge in [-0.15, -0.1) is 0 Å². The minimum atomic E-state index is 0.294. The molecule has 26 heavy (non-hydrogen) atoms. The van der Waals surface area contributed by atoms with E-state index < -0.39 is 0 Å². The van der Waals surface area contributed by atoms with Gasteiger partial charge in [-0.25, -0.2) is 4.98 Å². The van der Waals surface area contributed by atoms with E-state index in [1.165, 1.54) is 11.1 Å². The normalized spacial score (nSPS) is 11.8. The van der Waals surface area contributed by atoms with Crippen LogP contribution in [0.25, 0.3) is 11.4 Å². The molecule has 0 fully saturated rings. The Hall–Kier alpha value is -2.95. The number of benzene rings is 1. The van der Waals surface area contributed by atoms with Gasteiger partial charge in [-0.05, 0) is 50.5 Å². The van der Waals surface area contributed by atoms with E-state index in [2.05, 4.69) is 71.5 Å². The number of rotatable bonds is 6. The summed E-state index contributed by atoms with van der Waals surface area (Å²) in [7, 11) is 0. The van der Waals surface area contributed by atoms with Gasteiger partial charge in [0, 0.05) is 24.0 Å². The third kappa shape index (κ3) is 4.17. The van der Waals surface area contributed by atoms with Crippen molar-refractivity contribution >= 4 is 17.5 Å². The number of hydrogen-bond donors (Lipinski definition) is 2. The van der Waals surface area contributed by atoms with Crippen molar-refractivity contribution in [1.82, 2.24) is 15.0 Å². The number of anilines is 3. The molecule has 2 heterocycles. The second-order valence-electron chi connectivity index (χ2n) is 6.52. The van der Waals surface area contributed by atoms with Crippen molar-refractivity contribution in [1.29, 1.82) is 0 Å². The topological polar surface area (TPSA) is 62.7 Å². The highest BCUT2D eigenvalue weighted by Crippen LogP contribution is 2.26. The van der Waals surface area contributed by atoms with Crippen molar-refractivity contribution in [3.63, 3.8) is 0 Å². The van der Waals surface area contributed by atoms with Crippen LogP contribution in [-0.2, 0) is 0 Å². The van der Waals surface area contributed by atoms with Gasteiger partial charge in [0.1, 0.15) is 5.82 Å². The summed E-state index contributed by atoms with van der Waals surface area (Å²) in [5.74, 6) is 1.36. The van der Waals surface area contributed by atoms with Gasteiger partial charge in [0.25, 0.3) is 0 Å². The average molecular weight is 347 g/mol. The molecule has 0 radical (unpaired) electrons. The lowest BCUT2D eigenvalue weighted by Crippen LogP contribution is -2.16. The van der Waals surface area contributed by atoms with Crippen LogP contribution >= 0.6 is 0 Å². The minimum absolute atomic E-state index is 0.294. The molecule has 0 saturated heterocycles. The fraction of sp³-hybridized carbons (Fsp3) is 0.286. The molecule has 0 bridgehead atoms. The fourth-order valence-electron chi connectivity index (χ4n) is 2.68. The SMILES string of the molecule is CC[C@H](C)Nc1nc(Nc2c(C)cccc2C)cc(-c2ccccn2)n1. The van der Waals surface area contributed by atoms with Crippen LogP contribution in [0, 0.1) is 13.8 Å². The number of para-hydroxylation sites is 1. The molecular formula is C21H25N5. The van der Waals surface area contributed by atoms with E-state index in [4.69, 9.17) is 0 Å². The zero-order valence-electron chi connectivity index (χ0n) is 15.7. The van der Waals surface area contributed by atoms with Gasteiger partial charge in [0.15, 0.2) is 0 Å². The predicted octanol–water partition coefficient (Wildman–Crippen LogP) is 5.11. The first-order valence-electron chi connectivity index (χ1n) is 8.97. The summed E-state index contributed by atoms with van der Waals surface area (Å²) in [5.41, 5.74) is 5.05. The maximum atomic E-state index is 4.66. The Bertz CT molecular complexity index is 857. The third-order valence-corrected chi connectivity index (χ3v) is 4.38. The molecule has 0 aliphatic rings. The molecule has 3 aromatic rings. The number of hydrogen-bond acceptors (Lipinski definition) is 5. The van der Waals surface area contributed by atoms with Crippen molar-refractivity contribution in [2.75, 3.05) is 10.6 Å². The molecule has 0 aliphatic carbocycles. The Balaban J connectivity index is 2.02. The molecule has 0 amide bonds. The number of nitrogens with zero attached hydrogens (tertiary/aromatic N) is 3. The van der Waals surface area contributed by atoms with Gasteiger partial charge >= 0.3 is 0 Å². The van der Waals surface area contributed by atoms with E-state index in [-0.39, 0.29) is 0 Å². The molecule has 0 spiro atoms. The van der Waals surface area contributed by atoms with Crippen LogP contribution in [0.15, 0.2) is 48.7 Å². The summed E-state index contributed by atoms with van der Waals surface area (Å²) in [4.78, 5) is 13.7. The smallest absolute Gasteiger partial charge is 0.225 e. The molecule has 2 aromatic heterocycles. The van der Waals surface area contributed by atoms with Crippen LogP contribution in [0.5, 0.6) is 0 Å². The maximum Gasteiger partial charge on any atom is 0.225 e. The third-order valence-electron chi connectivity index (χ3n) is 4.38. The Morgan fingerprint density at radius 1 is 0.962 bits per heavy atom. The van der Waals surface area contributed by atoms with Crippen LogP contribution in [0.1, 0.15) is 31.4 Å². The second-order valence-corrected chi connectivity index (χ2v) is 6.52. The van der Waals surface area contributed by atoms with Crippen LogP contribution in [0.3, 0.4) is 0 Å². The molecular weight excluding hydrogens is 322 g/mol. The Morgan fingerprint density at radius 3 is 2.38 bits per heavy atom. The lowest BCUT2D eigenvalue weighted by atomic mass is 10.1. The van der Waals surface area contributed by atoms with Crippen LogP contribution < -0.4 is 10.6 Å². The first-order valence-corrected chi connectivity index (χ1v) is 8.97. The lowest BCUT2D eigenvalue weighted by Gasteiger charge is -2.16. The summed E-state index contributed by atoms with van der Waals surface area (Å²) < 4.78 is 0. The molecule has 0 unspecified atom stereocenters. The van der Waals surface area contributed by atoms with Crippen LogP contribution in [0.2, 0.25) is 0 Å². The minimum Gasteiger partial charge on any atom is -0.352 e. The molecule has 0 saturated carbocycles. The van der Waals surface area contributed by atoms with Gasteiger partial charge in [-0.2, -0.15) is 4.98 Å². The summed E-state index contributed by atoms with van der Waals surface area (Å²) in [6.45, 7) is 8.44. The van der Waals surface area contributed by atoms with Crippen molar-refractivity contribution < 1.29 is 0 Å². The number of aromatic nitrogens is 3. The van der Waals surface area contributed by atoms with E-state index >= 15 is 0 Å². The van der Waals surface area contributed by atoms with Gasteiger partial charge in [-0.1, -0.05) is 31.2 Å². The van der Waals surface area contributed by atoms with E-state index in [9.17, 15) is 0 Å². The zero-order chi connectivity index (χ0) is 18.5. The molecule has 5 heteroatoms. The summed E-state index contributed by atoms with van der Waals surface area (Å²) >= 11 is 0. The molecule has 2 N–H and O–H groups in total. The quantitative estimate of drug-likeness (QED) is 0.649. The first-order chi connectivity index (χ1) is 12.6. The van der Waals surface area contributed by atoms with Crippen molar-refractivity contribution in [3.8, 4) is 11.4 Å². The van der Waals surface area contributed by atoms with Gasteiger partial charge in [0.2, 0.25) is 5.95 Å². The van der Waals surface area contributed by atoms with E-state index in [0.717, 1.165) is 29.3 Å². The first kappa shape index (κ1) is 17.9. The highest BCUT2D eigenvalue weighted by Gasteiger charge is 2.11. The lowest BCUT2D eigenvalue weighted by molar-refractivity contribution is 0.753. The summed E-state index contributed by atoms with van der Waals surface area (Å²) in [6.07, 6.45) is 2.77. The summed E-state index contributed by atoms with van der Waals surface area (Å²) in [6, 6.07) is 14.3. The summed E-state index contributed by atoms with van der Waals surface area (Å²) in [5, 5.41) is 6.83. The van der Waals surface area contributed by atoms with Crippen molar-refractivity contribution in [2.24, 2.45) is 0 Å². The Labute approximate surface area is 154 Å². The van der Waals surface area contributed by atoms with Crippen LogP contribution in [0.4, 0.5) is 17.5 Å². The van der Waals surface area contributed by atoms with Gasteiger partial charge in [-0.3, -0.25) is 4.98 Å². The molecule has 134 valence electrons. The van der Waals surface area contributed by atoms with Gasteiger partial charge in [0.05, 0.1) is 11.4 Å². The molecule has 5 nitrogen and oxygen atoms in total. The Morgan fingerprint density at radius 2 is 1.73 bits per heavy atom. The number of aryl methyl sites for hydroxylation is 2. The largest absolute Gasteiger partial charge is 0.352 e. The molecule has 1 aromatic carbocycles. The number of nitrogens with one attached hydrogen (secondary N) is 2. The number of pyridine rings is 1. The molecule has 3 rings (SSSR count). The highest BCUT2D eigenvalue weighted by molar-refractivity contribution is 5.68. The molecule has 1 atom stereocenters. The standard InChI is InChI=1S/C21H25N5/c1-5-16(4)23-21-24-18(17-11-6-7-12-22-17)13-19(26-21)25-20-14(2)9-8-10-15(20)3/h6-13,16H,5H2,1-4H3,(H2,23,24,25,26)/t16-/m0/s1. The maximum absolute atomic E-state index is 4.66. The fourth-order valence-corrected chi connectivity index (χ4v) is 2.68. The van der Waals surface area contributed by atoms with E-state index in [1.807, 2.05) is 24.3 Å². The highest BCUT2D eigenvalue weighted by atomic mass is 15.2. The second kappa shape index (κ2) is 7.95. The predicted molar refractivity (Wildman–Crippen MR) is 108 cm³/mol. The van der Waals surface area contributed by atoms with Crippen molar-refractivity contribution in [2.45, 2.75) is 40.2 Å². The molecule has 0 aliphatic heterocycles. The van der Waals surface area contributed by atoms with Crippen molar-refractivity contribution in [3.05, 3.63) is 59.8 Å². The van der Waals surface area contributed by atoms with Crippen LogP contribution in [-0.4, -0.2) is 21.0 Å². The zero-order valence-corrected chi connectivity index (χ0v) is 15.7. The Kier molecular flexibility index (Phi) is 5.46. The monoisotopic (exact) mass is 347 g/mol. The van der Waals surface area contributed by atoms with Gasteiger partial charge < -0.3 is 10.6 Å². The van der Waals surface area contributed by atoms with E-state index in [1.54, 1.807) is 6.20 Å².